The van der Waals surface area contributed by atoms with Crippen LogP contribution in [0.2, 0.25) is 39.3 Å². The monoisotopic (exact) mass is 1660 g/mol. The quantitative estimate of drug-likeness (QED) is 0.0538. The van der Waals surface area contributed by atoms with Crippen molar-refractivity contribution in [2.24, 2.45) is 0 Å². The molecular formula is C62H52F36O8Si2. The van der Waals surface area contributed by atoms with Gasteiger partial charge in [0, 0.05) is 55.6 Å². The van der Waals surface area contributed by atoms with Gasteiger partial charge in [-0.2, -0.15) is 158 Å². The van der Waals surface area contributed by atoms with Crippen LogP contribution in [0.25, 0.3) is 0 Å². The summed E-state index contributed by atoms with van der Waals surface area (Å²) in [6, 6.07) is 3.47. The molecule has 0 aliphatic carbocycles. The molecule has 8 nitrogen and oxygen atoms in total. The lowest BCUT2D eigenvalue weighted by Gasteiger charge is -2.36. The van der Waals surface area contributed by atoms with Crippen molar-refractivity contribution in [1.29, 1.82) is 0 Å². The summed E-state index contributed by atoms with van der Waals surface area (Å²) in [6.45, 7) is 14.9. The maximum atomic E-state index is 13.2. The van der Waals surface area contributed by atoms with Gasteiger partial charge < -0.3 is 40.9 Å². The summed E-state index contributed by atoms with van der Waals surface area (Å²) < 4.78 is 468. The highest BCUT2D eigenvalue weighted by Gasteiger charge is 2.77. The average molecular weight is 1670 g/mol. The topological polar surface area (TPSA) is 162 Å². The Kier molecular flexibility index (Phi) is 28.4. The van der Waals surface area contributed by atoms with Gasteiger partial charge in [-0.3, -0.25) is 0 Å². The highest BCUT2D eigenvalue weighted by Crippen LogP contribution is 2.58. The minimum atomic E-state index is -6.67. The van der Waals surface area contributed by atoms with E-state index < -0.39 is 192 Å². The lowest BCUT2D eigenvalue weighted by molar-refractivity contribution is -0.379. The summed E-state index contributed by atoms with van der Waals surface area (Å²) in [6.07, 6.45) is -76.7. The first-order chi connectivity index (χ1) is 46.9. The molecule has 4 rings (SSSR count). The van der Waals surface area contributed by atoms with Crippen LogP contribution in [0.1, 0.15) is 83.3 Å². The maximum Gasteiger partial charge on any atom is 0.430 e. The number of halogens is 36. The minimum Gasteiger partial charge on any atom is -0.378 e. The average Bonchev–Trinajstić information content (AvgIpc) is 0.727. The van der Waals surface area contributed by atoms with E-state index in [0.717, 1.165) is 38.1 Å². The van der Waals surface area contributed by atoms with E-state index >= 15 is 0 Å². The van der Waals surface area contributed by atoms with Crippen LogP contribution >= 0.6 is 0 Å². The summed E-state index contributed by atoms with van der Waals surface area (Å²) in [5.74, 6) is 12.8. The molecule has 0 aliphatic heterocycles. The summed E-state index contributed by atoms with van der Waals surface area (Å²) in [5, 5.41) is 75.0. The number of benzene rings is 4. The van der Waals surface area contributed by atoms with E-state index in [4.69, 9.17) is 0 Å². The molecule has 0 saturated carbocycles. The van der Waals surface area contributed by atoms with Crippen molar-refractivity contribution in [2.75, 3.05) is 0 Å². The molecule has 4 aromatic rings. The van der Waals surface area contributed by atoms with Gasteiger partial charge in [0.1, 0.15) is 27.3 Å². The SMILES string of the molecule is CC(C)(O)C#Cc1cc(C(O)(C(F)(F)F)C(F)(F)F)cc(C(O)(C(F)(F)F)C(F)(F)F)c1.CC(C)(O)C#Cc1ccc(C(O)(C(F)(F)F)C(F)(F)F)cc1.C[Si](C)(C)C#Cc1cc(C(O)(C(F)(F)F)C(F)(F)F)cc(C(O)(C(F)(F)F)C(F)(F)F)c1.C[Si](C)(C)C#Cc1ccc(C(O)(C(F)(F)F)C(F)(F)F)cc1. The third kappa shape index (κ3) is 22.5. The van der Waals surface area contributed by atoms with E-state index in [1.54, 1.807) is 11.8 Å². The molecule has 0 amide bonds. The molecule has 0 spiro atoms. The third-order valence-corrected chi connectivity index (χ3v) is 15.0. The van der Waals surface area contributed by atoms with E-state index in [2.05, 4.69) is 28.8 Å². The lowest BCUT2D eigenvalue weighted by Crippen LogP contribution is -2.55. The van der Waals surface area contributed by atoms with Gasteiger partial charge in [0.15, 0.2) is 0 Å². The molecule has 108 heavy (non-hydrogen) atoms. The number of aliphatic hydroxyl groups is 8. The van der Waals surface area contributed by atoms with Crippen molar-refractivity contribution in [3.05, 3.63) is 141 Å². The predicted octanol–water partition coefficient (Wildman–Crippen LogP) is 17.3. The van der Waals surface area contributed by atoms with E-state index in [1.807, 2.05) is 25.6 Å². The van der Waals surface area contributed by atoms with Crippen LogP contribution in [0, 0.1) is 46.6 Å². The van der Waals surface area contributed by atoms with Crippen molar-refractivity contribution in [2.45, 2.75) is 186 Å². The van der Waals surface area contributed by atoms with Gasteiger partial charge in [-0.1, -0.05) is 99.1 Å². The van der Waals surface area contributed by atoms with E-state index in [0.29, 0.717) is 24.3 Å². The van der Waals surface area contributed by atoms with Gasteiger partial charge in [0.25, 0.3) is 33.6 Å². The van der Waals surface area contributed by atoms with Crippen molar-refractivity contribution in [3.8, 4) is 46.6 Å². The second kappa shape index (κ2) is 31.1. The standard InChI is InChI=1S/C17H12F12O3.C17H14F12O2Si.C14H12F6O2.C14H14F6OSi/c1-11(2,30)4-3-8-5-9(12(31,14(18,19)20)15(21,22)23)7-10(6-8)13(32,16(24,25)26)17(27,28)29;1-32(2,3)5-4-9-6-10(12(30,14(18,19)20)15(21,22)23)8-11(7-9)13(31,16(24,25)26)17(27,28)29;1-11(2,21)8-7-9-3-5-10(6-4-9)12(22,13(15,16)17)14(18,19)20;1-22(2,3)9-8-10-4-6-11(7-5-10)12(21,13(15,16)17)14(18,19)20/h5-7,30-32H,1-2H3;6-8,30-31H,1-3H3;3-6,21-22H,1-2H3;4-7,21H,1-3H3. The number of hydrogen-bond acceptors (Lipinski definition) is 8. The molecule has 0 fully saturated rings. The first kappa shape index (κ1) is 98.7. The predicted molar refractivity (Wildman–Crippen MR) is 309 cm³/mol. The number of alkyl halides is 36. The van der Waals surface area contributed by atoms with Crippen LogP contribution in [-0.4, -0.2) is 142 Å². The Morgan fingerprint density at radius 1 is 0.213 bits per heavy atom. The fraction of sp³-hybridized carbons (Fsp3) is 0.484. The molecular weight excluding hydrogens is 1610 g/mol. The molecule has 0 saturated heterocycles. The summed E-state index contributed by atoms with van der Waals surface area (Å²) in [5.41, 5.74) is -46.2. The highest BCUT2D eigenvalue weighted by atomic mass is 28.3. The van der Waals surface area contributed by atoms with Crippen LogP contribution in [0.15, 0.2) is 84.9 Å². The zero-order valence-electron chi connectivity index (χ0n) is 55.3. The molecule has 4 aromatic carbocycles. The zero-order chi connectivity index (χ0) is 86.3. The Balaban J connectivity index is 0.000000731. The van der Waals surface area contributed by atoms with Crippen LogP contribution in [0.5, 0.6) is 0 Å². The van der Waals surface area contributed by atoms with Crippen LogP contribution in [0.4, 0.5) is 158 Å². The Bertz CT molecular complexity index is 3560. The first-order valence-corrected chi connectivity index (χ1v) is 35.2. The molecule has 0 aliphatic rings. The third-order valence-electron chi connectivity index (χ3n) is 13.3. The molecule has 46 heteroatoms. The largest absolute Gasteiger partial charge is 0.430 e. The van der Waals surface area contributed by atoms with Gasteiger partial charge in [0.05, 0.1) is 0 Å². The zero-order valence-corrected chi connectivity index (χ0v) is 57.3. The first-order valence-electron chi connectivity index (χ1n) is 28.2. The Hall–Kier alpha value is -7.29. The van der Waals surface area contributed by atoms with Crippen molar-refractivity contribution in [3.63, 3.8) is 0 Å². The minimum absolute atomic E-state index is 0.0950. The van der Waals surface area contributed by atoms with E-state index in [1.165, 1.54) is 33.5 Å². The van der Waals surface area contributed by atoms with Gasteiger partial charge in [-0.05, 0) is 88.4 Å². The summed E-state index contributed by atoms with van der Waals surface area (Å²) >= 11 is 0. The highest BCUT2D eigenvalue weighted by molar-refractivity contribution is 6.84. The smallest absolute Gasteiger partial charge is 0.378 e. The van der Waals surface area contributed by atoms with Crippen LogP contribution in [0.3, 0.4) is 0 Å². The molecule has 0 bridgehead atoms. The normalized spacial score (nSPS) is 14.3. The molecule has 608 valence electrons. The Labute approximate surface area is 587 Å². The molecule has 0 atom stereocenters. The lowest BCUT2D eigenvalue weighted by atomic mass is 9.84. The second-order valence-corrected chi connectivity index (χ2v) is 35.1. The van der Waals surface area contributed by atoms with Gasteiger partial charge in [-0.15, -0.1) is 11.1 Å². The second-order valence-electron chi connectivity index (χ2n) is 25.6. The van der Waals surface area contributed by atoms with E-state index in [9.17, 15) is 199 Å². The van der Waals surface area contributed by atoms with Gasteiger partial charge in [-0.25, -0.2) is 0 Å². The molecule has 0 unspecified atom stereocenters. The van der Waals surface area contributed by atoms with Gasteiger partial charge >= 0.3 is 74.1 Å². The van der Waals surface area contributed by atoms with Crippen molar-refractivity contribution in [1.82, 2.24) is 0 Å². The van der Waals surface area contributed by atoms with Crippen LogP contribution in [-0.2, 0) is 33.6 Å². The Morgan fingerprint density at radius 2 is 0.361 bits per heavy atom. The molecule has 0 radical (unpaired) electrons. The molecule has 0 aromatic heterocycles. The fourth-order valence-electron chi connectivity index (χ4n) is 7.72. The number of rotatable bonds is 6. The Morgan fingerprint density at radius 3 is 0.528 bits per heavy atom. The summed E-state index contributed by atoms with van der Waals surface area (Å²) in [7, 11) is -4.21. The molecule has 0 heterocycles. The van der Waals surface area contributed by atoms with Crippen molar-refractivity contribution >= 4 is 16.1 Å². The number of hydrogen-bond donors (Lipinski definition) is 8. The van der Waals surface area contributed by atoms with E-state index in [-0.39, 0.29) is 35.4 Å². The van der Waals surface area contributed by atoms with Gasteiger partial charge in [0.2, 0.25) is 0 Å². The fourth-order valence-corrected chi connectivity index (χ4v) is 8.76. The maximum absolute atomic E-state index is 13.2. The van der Waals surface area contributed by atoms with Crippen molar-refractivity contribution < 1.29 is 199 Å². The van der Waals surface area contributed by atoms with Crippen LogP contribution < -0.4 is 0 Å². The molecule has 8 N–H and O–H groups in total. The summed E-state index contributed by atoms with van der Waals surface area (Å²) in [4.78, 5) is 0.